The molecule has 2 saturated heterocycles. The number of carbonyl (C=O) groups is 2. The molecule has 4 rings (SSSR count). The number of imide groups is 1. The Labute approximate surface area is 123 Å². The van der Waals surface area contributed by atoms with Gasteiger partial charge in [-0.05, 0) is 25.7 Å². The van der Waals surface area contributed by atoms with Crippen LogP contribution in [0.15, 0.2) is 12.2 Å². The predicted octanol–water partition coefficient (Wildman–Crippen LogP) is 0.114. The fourth-order valence-electron chi connectivity index (χ4n) is 3.55. The molecule has 0 N–H and O–H groups in total. The Morgan fingerprint density at radius 2 is 1.48 bits per heavy atom. The number of carbonyl (C=O) groups excluding carboxylic acids is 2. The summed E-state index contributed by atoms with van der Waals surface area (Å²) < 4.78 is 25.6. The second-order valence-corrected chi connectivity index (χ2v) is 8.63. The van der Waals surface area contributed by atoms with Crippen LogP contribution in [-0.4, -0.2) is 53.8 Å². The minimum atomic E-state index is -3.18. The van der Waals surface area contributed by atoms with Crippen LogP contribution in [0.1, 0.15) is 25.7 Å². The molecule has 2 atom stereocenters. The number of fused-ring (bicyclic) bond motifs is 1. The average molecular weight is 310 g/mol. The second kappa shape index (κ2) is 4.39. The summed E-state index contributed by atoms with van der Waals surface area (Å²) in [6, 6.07) is -0.260. The molecule has 21 heavy (non-hydrogen) atoms. The van der Waals surface area contributed by atoms with Crippen molar-refractivity contribution in [3.63, 3.8) is 0 Å². The quantitative estimate of drug-likeness (QED) is 0.548. The molecule has 0 aromatic rings. The van der Waals surface area contributed by atoms with Gasteiger partial charge in [0.25, 0.3) is 0 Å². The Kier molecular flexibility index (Phi) is 2.81. The molecular formula is C14H18N2O4S. The summed E-state index contributed by atoms with van der Waals surface area (Å²) in [6.45, 7) is 0.562. The van der Waals surface area contributed by atoms with E-state index in [0.717, 1.165) is 12.8 Å². The molecule has 3 fully saturated rings. The van der Waals surface area contributed by atoms with Crippen LogP contribution < -0.4 is 0 Å². The first-order chi connectivity index (χ1) is 10.00. The van der Waals surface area contributed by atoms with Gasteiger partial charge in [0.1, 0.15) is 0 Å². The zero-order chi connectivity index (χ0) is 14.8. The first-order valence-corrected chi connectivity index (χ1v) is 9.01. The Hall–Kier alpha value is -1.21. The Balaban J connectivity index is 1.47. The van der Waals surface area contributed by atoms with Crippen LogP contribution in [0.5, 0.6) is 0 Å². The van der Waals surface area contributed by atoms with Crippen LogP contribution in [-0.2, 0) is 19.6 Å². The number of sulfonamides is 1. The van der Waals surface area contributed by atoms with Crippen molar-refractivity contribution < 1.29 is 18.0 Å². The summed E-state index contributed by atoms with van der Waals surface area (Å²) in [7, 11) is -3.18. The molecule has 2 unspecified atom stereocenters. The van der Waals surface area contributed by atoms with Crippen molar-refractivity contribution in [3.05, 3.63) is 12.2 Å². The number of likely N-dealkylation sites (tertiary alicyclic amines) is 1. The van der Waals surface area contributed by atoms with E-state index in [2.05, 4.69) is 0 Å². The third-order valence-corrected chi connectivity index (χ3v) is 7.37. The maximum Gasteiger partial charge on any atom is 0.233 e. The van der Waals surface area contributed by atoms with Crippen molar-refractivity contribution in [2.75, 3.05) is 13.1 Å². The van der Waals surface area contributed by atoms with Gasteiger partial charge in [-0.2, -0.15) is 4.31 Å². The highest BCUT2D eigenvalue weighted by Crippen LogP contribution is 2.39. The van der Waals surface area contributed by atoms with Crippen LogP contribution in [0.25, 0.3) is 0 Å². The molecular weight excluding hydrogens is 292 g/mol. The van der Waals surface area contributed by atoms with Gasteiger partial charge < -0.3 is 0 Å². The van der Waals surface area contributed by atoms with Gasteiger partial charge in [-0.1, -0.05) is 12.2 Å². The minimum Gasteiger partial charge on any atom is -0.276 e. The van der Waals surface area contributed by atoms with Gasteiger partial charge in [0.2, 0.25) is 21.8 Å². The predicted molar refractivity (Wildman–Crippen MR) is 74.5 cm³/mol. The van der Waals surface area contributed by atoms with Crippen molar-refractivity contribution in [3.8, 4) is 0 Å². The lowest BCUT2D eigenvalue weighted by atomic mass is 9.85. The molecule has 6 nitrogen and oxygen atoms in total. The minimum absolute atomic E-state index is 0.109. The molecule has 4 aliphatic rings. The number of rotatable bonds is 3. The summed E-state index contributed by atoms with van der Waals surface area (Å²) in [5.74, 6) is -0.668. The van der Waals surface area contributed by atoms with E-state index in [1.54, 1.807) is 0 Å². The van der Waals surface area contributed by atoms with Crippen LogP contribution in [0.3, 0.4) is 0 Å². The molecule has 0 spiro atoms. The van der Waals surface area contributed by atoms with E-state index in [9.17, 15) is 18.0 Å². The lowest BCUT2D eigenvalue weighted by molar-refractivity contribution is -0.145. The molecule has 1 saturated carbocycles. The highest BCUT2D eigenvalue weighted by Gasteiger charge is 2.54. The van der Waals surface area contributed by atoms with Gasteiger partial charge in [-0.3, -0.25) is 14.5 Å². The van der Waals surface area contributed by atoms with E-state index in [0.29, 0.717) is 12.8 Å². The Morgan fingerprint density at radius 1 is 0.952 bits per heavy atom. The van der Waals surface area contributed by atoms with Gasteiger partial charge in [-0.25, -0.2) is 8.42 Å². The summed E-state index contributed by atoms with van der Waals surface area (Å²) in [5.41, 5.74) is 0. The van der Waals surface area contributed by atoms with Gasteiger partial charge >= 0.3 is 0 Å². The molecule has 2 aliphatic heterocycles. The molecule has 0 aromatic heterocycles. The van der Waals surface area contributed by atoms with Crippen LogP contribution >= 0.6 is 0 Å². The Bertz CT molecular complexity index is 605. The van der Waals surface area contributed by atoms with Gasteiger partial charge in [0.05, 0.1) is 23.1 Å². The smallest absolute Gasteiger partial charge is 0.233 e. The zero-order valence-electron chi connectivity index (χ0n) is 11.6. The first-order valence-electron chi connectivity index (χ1n) is 7.51. The van der Waals surface area contributed by atoms with Crippen LogP contribution in [0.4, 0.5) is 0 Å². The number of nitrogens with zero attached hydrogens (tertiary/aromatic N) is 2. The summed E-state index contributed by atoms with van der Waals surface area (Å²) in [5, 5.41) is -0.227. The van der Waals surface area contributed by atoms with E-state index < -0.39 is 10.0 Å². The molecule has 7 heteroatoms. The van der Waals surface area contributed by atoms with Crippen molar-refractivity contribution in [1.82, 2.24) is 9.21 Å². The molecule has 2 aliphatic carbocycles. The average Bonchev–Trinajstić information content (AvgIpc) is 3.22. The largest absolute Gasteiger partial charge is 0.276 e. The van der Waals surface area contributed by atoms with Crippen LogP contribution in [0.2, 0.25) is 0 Å². The van der Waals surface area contributed by atoms with Gasteiger partial charge in [0, 0.05) is 13.1 Å². The standard InChI is InChI=1S/C14H18N2O4S/c17-13-11-3-1-2-4-12(11)14(18)16(13)9-7-15(8-9)21(19,20)10-5-6-10/h1-2,9-12H,3-8H2. The second-order valence-electron chi connectivity index (χ2n) is 6.42. The molecule has 0 bridgehead atoms. The SMILES string of the molecule is O=C1C2CC=CCC2C(=O)N1C1CN(S(=O)(=O)C2CC2)C1. The normalized spacial score (nSPS) is 34.2. The third kappa shape index (κ3) is 1.90. The van der Waals surface area contributed by atoms with Gasteiger partial charge in [0.15, 0.2) is 0 Å². The molecule has 0 radical (unpaired) electrons. The Morgan fingerprint density at radius 3 is 1.95 bits per heavy atom. The zero-order valence-corrected chi connectivity index (χ0v) is 12.5. The van der Waals surface area contributed by atoms with Crippen molar-refractivity contribution >= 4 is 21.8 Å². The van der Waals surface area contributed by atoms with E-state index >= 15 is 0 Å². The number of amides is 2. The molecule has 0 aromatic carbocycles. The highest BCUT2D eigenvalue weighted by atomic mass is 32.2. The summed E-state index contributed by atoms with van der Waals surface area (Å²) in [4.78, 5) is 26.1. The maximum atomic E-state index is 12.4. The van der Waals surface area contributed by atoms with Crippen LogP contribution in [0, 0.1) is 11.8 Å². The van der Waals surface area contributed by atoms with E-state index in [1.807, 2.05) is 12.2 Å². The number of hydrogen-bond acceptors (Lipinski definition) is 4. The van der Waals surface area contributed by atoms with Gasteiger partial charge in [-0.15, -0.1) is 0 Å². The summed E-state index contributed by atoms with van der Waals surface area (Å²) in [6.07, 6.45) is 6.65. The van der Waals surface area contributed by atoms with E-state index in [1.165, 1.54) is 9.21 Å². The highest BCUT2D eigenvalue weighted by molar-refractivity contribution is 7.90. The molecule has 2 amide bonds. The van der Waals surface area contributed by atoms with Crippen molar-refractivity contribution in [2.24, 2.45) is 11.8 Å². The summed E-state index contributed by atoms with van der Waals surface area (Å²) >= 11 is 0. The molecule has 114 valence electrons. The number of allylic oxidation sites excluding steroid dienone is 2. The first kappa shape index (κ1) is 13.5. The van der Waals surface area contributed by atoms with E-state index in [-0.39, 0.29) is 48.0 Å². The topological polar surface area (TPSA) is 74.8 Å². The monoisotopic (exact) mass is 310 g/mol. The fraction of sp³-hybridized carbons (Fsp3) is 0.714. The maximum absolute atomic E-state index is 12.4. The molecule has 2 heterocycles. The van der Waals surface area contributed by atoms with Crippen molar-refractivity contribution in [2.45, 2.75) is 37.0 Å². The fourth-order valence-corrected chi connectivity index (χ4v) is 5.46. The third-order valence-electron chi connectivity index (χ3n) is 5.04. The lowest BCUT2D eigenvalue weighted by Crippen LogP contribution is -2.62. The lowest BCUT2D eigenvalue weighted by Gasteiger charge is -2.42. The van der Waals surface area contributed by atoms with Crippen molar-refractivity contribution in [1.29, 1.82) is 0 Å². The number of hydrogen-bond donors (Lipinski definition) is 0. The van der Waals surface area contributed by atoms with E-state index in [4.69, 9.17) is 0 Å².